The van der Waals surface area contributed by atoms with Crippen LogP contribution in [0.25, 0.3) is 0 Å². The molecule has 2 saturated heterocycles. The van der Waals surface area contributed by atoms with E-state index in [4.69, 9.17) is 4.74 Å². The van der Waals surface area contributed by atoms with E-state index in [0.29, 0.717) is 23.7 Å². The molecule has 0 spiro atoms. The molecule has 2 heterocycles. The largest absolute Gasteiger partial charge is 0.379 e. The highest BCUT2D eigenvalue weighted by atomic mass is 16.5. The maximum Gasteiger partial charge on any atom is 0.319 e. The summed E-state index contributed by atoms with van der Waals surface area (Å²) in [4.78, 5) is 30.9. The Morgan fingerprint density at radius 1 is 0.875 bits per heavy atom. The van der Waals surface area contributed by atoms with Gasteiger partial charge in [-0.05, 0) is 61.8 Å². The third kappa shape index (κ3) is 8.21. The molecule has 0 bridgehead atoms. The number of ether oxygens (including phenoxy) is 1. The average molecular weight is 548 g/mol. The van der Waals surface area contributed by atoms with Crippen molar-refractivity contribution in [2.45, 2.75) is 57.4 Å². The molecule has 3 N–H and O–H groups in total. The van der Waals surface area contributed by atoms with Crippen molar-refractivity contribution in [1.29, 1.82) is 0 Å². The highest BCUT2D eigenvalue weighted by Gasteiger charge is 2.24. The number of hydrogen-bond acceptors (Lipinski definition) is 5. The molecule has 1 aliphatic carbocycles. The van der Waals surface area contributed by atoms with E-state index in [9.17, 15) is 9.59 Å². The number of anilines is 2. The summed E-state index contributed by atoms with van der Waals surface area (Å²) in [5, 5.41) is 9.24. The van der Waals surface area contributed by atoms with E-state index in [1.54, 1.807) is 0 Å². The quantitative estimate of drug-likeness (QED) is 0.425. The van der Waals surface area contributed by atoms with Crippen LogP contribution < -0.4 is 20.9 Å². The van der Waals surface area contributed by atoms with E-state index < -0.39 is 0 Å². The molecule has 0 radical (unpaired) electrons. The Morgan fingerprint density at radius 3 is 2.38 bits per heavy atom. The van der Waals surface area contributed by atoms with Crippen LogP contribution in [0, 0.1) is 5.92 Å². The van der Waals surface area contributed by atoms with Gasteiger partial charge in [-0.15, -0.1) is 0 Å². The molecule has 2 aromatic rings. The number of urea groups is 1. The van der Waals surface area contributed by atoms with E-state index in [2.05, 4.69) is 56.1 Å². The second-order valence-electron chi connectivity index (χ2n) is 11.5. The smallest absolute Gasteiger partial charge is 0.319 e. The van der Waals surface area contributed by atoms with Gasteiger partial charge in [-0.2, -0.15) is 0 Å². The molecule has 216 valence electrons. The Kier molecular flexibility index (Phi) is 10.3. The number of carbonyl (C=O) groups is 2. The third-order valence-corrected chi connectivity index (χ3v) is 8.58. The summed E-state index contributed by atoms with van der Waals surface area (Å²) in [6.07, 6.45) is 8.92. The maximum absolute atomic E-state index is 13.5. The first-order valence-corrected chi connectivity index (χ1v) is 15.2. The molecule has 3 fully saturated rings. The summed E-state index contributed by atoms with van der Waals surface area (Å²) in [5.41, 5.74) is 3.61. The summed E-state index contributed by atoms with van der Waals surface area (Å²) in [7, 11) is 0. The van der Waals surface area contributed by atoms with Crippen LogP contribution in [-0.2, 0) is 11.2 Å². The Labute approximate surface area is 238 Å². The van der Waals surface area contributed by atoms with Crippen molar-refractivity contribution < 1.29 is 14.3 Å². The van der Waals surface area contributed by atoms with Crippen molar-refractivity contribution in [2.75, 3.05) is 62.7 Å². The number of nitrogens with zero attached hydrogens (tertiary/aromatic N) is 2. The van der Waals surface area contributed by atoms with Gasteiger partial charge in [0.05, 0.1) is 18.8 Å². The normalized spacial score (nSPS) is 19.2. The van der Waals surface area contributed by atoms with Gasteiger partial charge < -0.3 is 25.6 Å². The molecule has 0 unspecified atom stereocenters. The minimum Gasteiger partial charge on any atom is -0.379 e. The zero-order chi connectivity index (χ0) is 27.6. The topological polar surface area (TPSA) is 85.9 Å². The predicted molar refractivity (Wildman–Crippen MR) is 160 cm³/mol. The number of piperidine rings is 1. The minimum atomic E-state index is -0.194. The molecular formula is C32H45N5O3. The van der Waals surface area contributed by atoms with Crippen LogP contribution in [0.5, 0.6) is 0 Å². The molecule has 0 aromatic heterocycles. The van der Waals surface area contributed by atoms with Gasteiger partial charge in [0.1, 0.15) is 0 Å². The Morgan fingerprint density at radius 2 is 1.62 bits per heavy atom. The molecular weight excluding hydrogens is 502 g/mol. The number of amides is 3. The van der Waals surface area contributed by atoms with Gasteiger partial charge in [-0.25, -0.2) is 4.79 Å². The van der Waals surface area contributed by atoms with Gasteiger partial charge in [-0.3, -0.25) is 9.69 Å². The number of morpholine rings is 1. The van der Waals surface area contributed by atoms with Crippen LogP contribution in [-0.4, -0.2) is 75.4 Å². The van der Waals surface area contributed by atoms with Crippen molar-refractivity contribution in [3.05, 3.63) is 59.7 Å². The van der Waals surface area contributed by atoms with Gasteiger partial charge >= 0.3 is 6.03 Å². The molecule has 1 saturated carbocycles. The Balaban J connectivity index is 1.23. The lowest BCUT2D eigenvalue weighted by Gasteiger charge is -2.35. The molecule has 5 rings (SSSR count). The molecule has 2 aromatic carbocycles. The minimum absolute atomic E-state index is 0.0917. The zero-order valence-corrected chi connectivity index (χ0v) is 23.7. The van der Waals surface area contributed by atoms with Crippen molar-refractivity contribution in [2.24, 2.45) is 5.92 Å². The van der Waals surface area contributed by atoms with Gasteiger partial charge in [-0.1, -0.05) is 49.6 Å². The van der Waals surface area contributed by atoms with Crippen molar-refractivity contribution >= 4 is 23.3 Å². The predicted octanol–water partition coefficient (Wildman–Crippen LogP) is 4.66. The SMILES string of the molecule is O=C(Nc1ccc(N2CCC(Cc3ccccc3)CC2)c(C(=O)NCCN2CCOCC2)c1)NC1CCCCC1. The van der Waals surface area contributed by atoms with Crippen molar-refractivity contribution in [1.82, 2.24) is 15.5 Å². The van der Waals surface area contributed by atoms with Crippen LogP contribution in [0.1, 0.15) is 60.9 Å². The first-order valence-electron chi connectivity index (χ1n) is 15.2. The lowest BCUT2D eigenvalue weighted by Crippen LogP contribution is -2.42. The molecule has 3 aliphatic rings. The number of carbonyl (C=O) groups excluding carboxylic acids is 2. The number of hydrogen-bond donors (Lipinski definition) is 3. The molecule has 8 heteroatoms. The number of benzene rings is 2. The van der Waals surface area contributed by atoms with Gasteiger partial charge in [0.15, 0.2) is 0 Å². The van der Waals surface area contributed by atoms with Gasteiger partial charge in [0.25, 0.3) is 5.91 Å². The summed E-state index contributed by atoms with van der Waals surface area (Å²) < 4.78 is 5.44. The Bertz CT molecular complexity index is 1090. The summed E-state index contributed by atoms with van der Waals surface area (Å²) >= 11 is 0. The van der Waals surface area contributed by atoms with E-state index in [1.807, 2.05) is 18.2 Å². The number of rotatable bonds is 9. The van der Waals surface area contributed by atoms with Crippen LogP contribution in [0.4, 0.5) is 16.2 Å². The second kappa shape index (κ2) is 14.5. The third-order valence-electron chi connectivity index (χ3n) is 8.58. The van der Waals surface area contributed by atoms with Crippen molar-refractivity contribution in [3.63, 3.8) is 0 Å². The molecule has 40 heavy (non-hydrogen) atoms. The second-order valence-corrected chi connectivity index (χ2v) is 11.5. The highest BCUT2D eigenvalue weighted by Crippen LogP contribution is 2.30. The van der Waals surface area contributed by atoms with E-state index in [-0.39, 0.29) is 18.0 Å². The summed E-state index contributed by atoms with van der Waals surface area (Å²) in [5.74, 6) is 0.555. The first-order chi connectivity index (χ1) is 19.6. The van der Waals surface area contributed by atoms with E-state index in [0.717, 1.165) is 96.6 Å². The van der Waals surface area contributed by atoms with Crippen LogP contribution in [0.15, 0.2) is 48.5 Å². The monoisotopic (exact) mass is 547 g/mol. The van der Waals surface area contributed by atoms with E-state index >= 15 is 0 Å². The average Bonchev–Trinajstić information content (AvgIpc) is 2.99. The van der Waals surface area contributed by atoms with Gasteiger partial charge in [0.2, 0.25) is 0 Å². The fraction of sp³-hybridized carbons (Fsp3) is 0.562. The lowest BCUT2D eigenvalue weighted by molar-refractivity contribution is 0.0383. The first kappa shape index (κ1) is 28.4. The molecule has 3 amide bonds. The fourth-order valence-electron chi connectivity index (χ4n) is 6.24. The molecule has 0 atom stereocenters. The maximum atomic E-state index is 13.5. The fourth-order valence-corrected chi connectivity index (χ4v) is 6.24. The number of nitrogens with one attached hydrogen (secondary N) is 3. The highest BCUT2D eigenvalue weighted by molar-refractivity contribution is 6.02. The Hall–Kier alpha value is -3.10. The lowest BCUT2D eigenvalue weighted by atomic mass is 9.89. The molecule has 2 aliphatic heterocycles. The summed E-state index contributed by atoms with van der Waals surface area (Å²) in [6, 6.07) is 16.5. The van der Waals surface area contributed by atoms with Crippen LogP contribution in [0.3, 0.4) is 0 Å². The van der Waals surface area contributed by atoms with E-state index in [1.165, 1.54) is 12.0 Å². The van der Waals surface area contributed by atoms with Crippen molar-refractivity contribution in [3.8, 4) is 0 Å². The van der Waals surface area contributed by atoms with Crippen LogP contribution >= 0.6 is 0 Å². The van der Waals surface area contributed by atoms with Crippen LogP contribution in [0.2, 0.25) is 0 Å². The summed E-state index contributed by atoms with van der Waals surface area (Å²) in [6.45, 7) is 6.50. The zero-order valence-electron chi connectivity index (χ0n) is 23.7. The molecule has 8 nitrogen and oxygen atoms in total. The van der Waals surface area contributed by atoms with Gasteiger partial charge in [0, 0.05) is 56.7 Å². The standard InChI is InChI=1S/C32H45N5O3/c38-31(33-15-18-36-19-21-40-22-20-36)29-24-28(35-32(39)34-27-9-5-2-6-10-27)11-12-30(29)37-16-13-26(14-17-37)23-25-7-3-1-4-8-25/h1,3-4,7-8,11-12,24,26-27H,2,5-6,9-10,13-23H2,(H,33,38)(H2,34,35,39).